The minimum absolute atomic E-state index is 0.530. The zero-order valence-electron chi connectivity index (χ0n) is 11.0. The van der Waals surface area contributed by atoms with Gasteiger partial charge >= 0.3 is 0 Å². The van der Waals surface area contributed by atoms with E-state index in [2.05, 4.69) is 20.3 Å². The highest BCUT2D eigenvalue weighted by Gasteiger charge is 2.11. The van der Waals surface area contributed by atoms with Crippen molar-refractivity contribution in [1.29, 1.82) is 0 Å². The zero-order valence-corrected chi connectivity index (χ0v) is 11.0. The van der Waals surface area contributed by atoms with Crippen molar-refractivity contribution < 1.29 is 9.47 Å². The van der Waals surface area contributed by atoms with Crippen LogP contribution in [0.3, 0.4) is 0 Å². The van der Waals surface area contributed by atoms with Gasteiger partial charge in [0.15, 0.2) is 0 Å². The largest absolute Gasteiger partial charge is 0.481 e. The Balaban J connectivity index is 1.91. The van der Waals surface area contributed by atoms with Crippen molar-refractivity contribution in [3.05, 3.63) is 30.6 Å². The maximum Gasteiger partial charge on any atom is 0.224 e. The average molecular weight is 263 g/mol. The first-order valence-corrected chi connectivity index (χ1v) is 5.93. The molecular formula is C12H17N5O2. The Kier molecular flexibility index (Phi) is 4.68. The quantitative estimate of drug-likeness (QED) is 0.732. The van der Waals surface area contributed by atoms with Gasteiger partial charge in [-0.1, -0.05) is 0 Å². The smallest absolute Gasteiger partial charge is 0.224 e. The lowest BCUT2D eigenvalue weighted by Gasteiger charge is -2.11. The Hall–Kier alpha value is -2.15. The standard InChI is InChI=1S/C12H17N5O2/c1-18-11-10(12(19-2)16-8-15-11)7-13-3-5-17-6-4-14-9-17/h4,6,8-9,13H,3,5,7H2,1-2H3. The van der Waals surface area contributed by atoms with Crippen LogP contribution in [0.4, 0.5) is 0 Å². The number of methoxy groups -OCH3 is 2. The summed E-state index contributed by atoms with van der Waals surface area (Å²) in [6.45, 7) is 2.23. The Morgan fingerprint density at radius 1 is 1.21 bits per heavy atom. The fourth-order valence-electron chi connectivity index (χ4n) is 1.72. The summed E-state index contributed by atoms with van der Waals surface area (Å²) in [6, 6.07) is 0. The highest BCUT2D eigenvalue weighted by molar-refractivity contribution is 5.34. The van der Waals surface area contributed by atoms with Gasteiger partial charge in [-0.05, 0) is 0 Å². The molecule has 0 saturated carbocycles. The summed E-state index contributed by atoms with van der Waals surface area (Å²) in [5.74, 6) is 1.06. The topological polar surface area (TPSA) is 74.1 Å². The van der Waals surface area contributed by atoms with Crippen molar-refractivity contribution in [2.45, 2.75) is 13.1 Å². The number of hydrogen-bond donors (Lipinski definition) is 1. The summed E-state index contributed by atoms with van der Waals surface area (Å²) in [6.07, 6.45) is 6.90. The van der Waals surface area contributed by atoms with Crippen molar-refractivity contribution in [2.75, 3.05) is 20.8 Å². The van der Waals surface area contributed by atoms with Gasteiger partial charge in [0.1, 0.15) is 6.33 Å². The molecule has 0 aliphatic heterocycles. The van der Waals surface area contributed by atoms with Gasteiger partial charge in [0.25, 0.3) is 0 Å². The fraction of sp³-hybridized carbons (Fsp3) is 0.417. The van der Waals surface area contributed by atoms with Crippen LogP contribution in [-0.2, 0) is 13.1 Å². The molecule has 7 nitrogen and oxygen atoms in total. The summed E-state index contributed by atoms with van der Waals surface area (Å²) in [7, 11) is 3.16. The first-order chi connectivity index (χ1) is 9.35. The van der Waals surface area contributed by atoms with E-state index in [9.17, 15) is 0 Å². The van der Waals surface area contributed by atoms with Crippen molar-refractivity contribution in [1.82, 2.24) is 24.8 Å². The molecule has 2 heterocycles. The lowest BCUT2D eigenvalue weighted by molar-refractivity contribution is 0.359. The molecule has 0 bridgehead atoms. The summed E-state index contributed by atoms with van der Waals surface area (Å²) in [5, 5.41) is 3.30. The number of aromatic nitrogens is 4. The number of ether oxygens (including phenoxy) is 2. The number of imidazole rings is 1. The summed E-state index contributed by atoms with van der Waals surface area (Å²) < 4.78 is 12.4. The van der Waals surface area contributed by atoms with Gasteiger partial charge in [0.2, 0.25) is 11.8 Å². The van der Waals surface area contributed by atoms with Crippen LogP contribution < -0.4 is 14.8 Å². The molecule has 2 rings (SSSR count). The summed E-state index contributed by atoms with van der Waals surface area (Å²) in [4.78, 5) is 12.1. The molecule has 0 aromatic carbocycles. The van der Waals surface area contributed by atoms with E-state index in [0.29, 0.717) is 18.3 Å². The van der Waals surface area contributed by atoms with Gasteiger partial charge in [-0.3, -0.25) is 0 Å². The monoisotopic (exact) mass is 263 g/mol. The predicted molar refractivity (Wildman–Crippen MR) is 69.1 cm³/mol. The molecule has 1 N–H and O–H groups in total. The molecule has 0 amide bonds. The average Bonchev–Trinajstić information content (AvgIpc) is 2.96. The third kappa shape index (κ3) is 3.41. The van der Waals surface area contributed by atoms with E-state index >= 15 is 0 Å². The predicted octanol–water partition coefficient (Wildman–Crippen LogP) is 0.480. The Morgan fingerprint density at radius 3 is 2.53 bits per heavy atom. The van der Waals surface area contributed by atoms with Crippen LogP contribution in [0.2, 0.25) is 0 Å². The molecule has 102 valence electrons. The molecule has 0 unspecified atom stereocenters. The summed E-state index contributed by atoms with van der Waals surface area (Å²) in [5.41, 5.74) is 0.818. The molecule has 0 spiro atoms. The molecule has 0 saturated heterocycles. The van der Waals surface area contributed by atoms with Crippen molar-refractivity contribution in [3.8, 4) is 11.8 Å². The fourth-order valence-corrected chi connectivity index (χ4v) is 1.72. The highest BCUT2D eigenvalue weighted by Crippen LogP contribution is 2.22. The molecule has 7 heteroatoms. The molecular weight excluding hydrogens is 246 g/mol. The SMILES string of the molecule is COc1ncnc(OC)c1CNCCn1ccnc1. The number of hydrogen-bond acceptors (Lipinski definition) is 6. The molecule has 2 aromatic rings. The minimum atomic E-state index is 0.530. The van der Waals surface area contributed by atoms with Crippen LogP contribution in [0.1, 0.15) is 5.56 Å². The van der Waals surface area contributed by atoms with Crippen LogP contribution in [0, 0.1) is 0 Å². The maximum atomic E-state index is 5.20. The summed E-state index contributed by atoms with van der Waals surface area (Å²) >= 11 is 0. The van der Waals surface area contributed by atoms with E-state index in [1.165, 1.54) is 6.33 Å². The van der Waals surface area contributed by atoms with Gasteiger partial charge in [-0.25, -0.2) is 15.0 Å². The zero-order chi connectivity index (χ0) is 13.5. The van der Waals surface area contributed by atoms with Gasteiger partial charge < -0.3 is 19.4 Å². The van der Waals surface area contributed by atoms with Gasteiger partial charge in [0, 0.05) is 32.0 Å². The van der Waals surface area contributed by atoms with Crippen LogP contribution in [0.5, 0.6) is 11.8 Å². The first kappa shape index (κ1) is 13.3. The lowest BCUT2D eigenvalue weighted by Crippen LogP contribution is -2.20. The molecule has 0 aliphatic rings. The highest BCUT2D eigenvalue weighted by atomic mass is 16.5. The number of rotatable bonds is 7. The van der Waals surface area contributed by atoms with Gasteiger partial charge in [-0.2, -0.15) is 0 Å². The molecule has 2 aromatic heterocycles. The van der Waals surface area contributed by atoms with Gasteiger partial charge in [-0.15, -0.1) is 0 Å². The first-order valence-electron chi connectivity index (χ1n) is 5.93. The van der Waals surface area contributed by atoms with E-state index in [4.69, 9.17) is 9.47 Å². The van der Waals surface area contributed by atoms with Crippen LogP contribution in [-0.4, -0.2) is 40.3 Å². The lowest BCUT2D eigenvalue weighted by atomic mass is 10.3. The Morgan fingerprint density at radius 2 is 1.95 bits per heavy atom. The van der Waals surface area contributed by atoms with E-state index < -0.39 is 0 Å². The van der Waals surface area contributed by atoms with E-state index in [-0.39, 0.29) is 0 Å². The third-order valence-corrected chi connectivity index (χ3v) is 2.66. The van der Waals surface area contributed by atoms with Crippen molar-refractivity contribution >= 4 is 0 Å². The van der Waals surface area contributed by atoms with E-state index in [0.717, 1.165) is 18.7 Å². The Labute approximate surface area is 111 Å². The van der Waals surface area contributed by atoms with Gasteiger partial charge in [0.05, 0.1) is 26.1 Å². The maximum absolute atomic E-state index is 5.20. The molecule has 0 fully saturated rings. The number of nitrogens with zero attached hydrogens (tertiary/aromatic N) is 4. The van der Waals surface area contributed by atoms with E-state index in [1.807, 2.05) is 10.8 Å². The van der Waals surface area contributed by atoms with Crippen molar-refractivity contribution in [2.24, 2.45) is 0 Å². The van der Waals surface area contributed by atoms with Crippen LogP contribution >= 0.6 is 0 Å². The third-order valence-electron chi connectivity index (χ3n) is 2.66. The van der Waals surface area contributed by atoms with Crippen LogP contribution in [0.25, 0.3) is 0 Å². The molecule has 0 radical (unpaired) electrons. The second-order valence-electron chi connectivity index (χ2n) is 3.85. The minimum Gasteiger partial charge on any atom is -0.481 e. The van der Waals surface area contributed by atoms with E-state index in [1.54, 1.807) is 26.7 Å². The second-order valence-corrected chi connectivity index (χ2v) is 3.85. The molecule has 0 atom stereocenters. The van der Waals surface area contributed by atoms with Crippen molar-refractivity contribution in [3.63, 3.8) is 0 Å². The molecule has 0 aliphatic carbocycles. The normalized spacial score (nSPS) is 10.4. The molecule has 19 heavy (non-hydrogen) atoms. The van der Waals surface area contributed by atoms with Crippen LogP contribution in [0.15, 0.2) is 25.0 Å². The number of nitrogens with one attached hydrogen (secondary N) is 1. The Bertz CT molecular complexity index is 479. The second kappa shape index (κ2) is 6.69.